The number of aromatic nitrogens is 4. The van der Waals surface area contributed by atoms with Gasteiger partial charge in [0.1, 0.15) is 5.52 Å². The Labute approximate surface area is 119 Å². The highest BCUT2D eigenvalue weighted by Crippen LogP contribution is 2.34. The summed E-state index contributed by atoms with van der Waals surface area (Å²) < 4.78 is 0. The van der Waals surface area contributed by atoms with Gasteiger partial charge in [-0.2, -0.15) is 9.97 Å². The van der Waals surface area contributed by atoms with Gasteiger partial charge in [-0.15, -0.1) is 0 Å². The number of hydrogen-bond acceptors (Lipinski definition) is 5. The van der Waals surface area contributed by atoms with Crippen LogP contribution in [0.1, 0.15) is 40.0 Å². The van der Waals surface area contributed by atoms with Gasteiger partial charge in [0.05, 0.1) is 6.33 Å². The van der Waals surface area contributed by atoms with E-state index in [1.165, 1.54) is 12.8 Å². The molecular weight excluding hydrogens is 252 g/mol. The van der Waals surface area contributed by atoms with Crippen molar-refractivity contribution in [2.24, 2.45) is 0 Å². The maximum Gasteiger partial charge on any atom is 0.226 e. The van der Waals surface area contributed by atoms with E-state index in [0.29, 0.717) is 18.0 Å². The monoisotopic (exact) mass is 274 g/mol. The second kappa shape index (κ2) is 5.26. The van der Waals surface area contributed by atoms with E-state index in [1.807, 2.05) is 6.92 Å². The van der Waals surface area contributed by atoms with E-state index < -0.39 is 0 Å². The molecule has 0 aromatic carbocycles. The van der Waals surface area contributed by atoms with Crippen LogP contribution in [0.25, 0.3) is 11.2 Å². The van der Waals surface area contributed by atoms with Crippen LogP contribution in [0.4, 0.5) is 11.8 Å². The lowest BCUT2D eigenvalue weighted by molar-refractivity contribution is 0.622. The van der Waals surface area contributed by atoms with Crippen LogP contribution in [0.3, 0.4) is 0 Å². The molecule has 0 amide bonds. The van der Waals surface area contributed by atoms with Crippen LogP contribution in [-0.2, 0) is 0 Å². The maximum atomic E-state index is 4.73. The summed E-state index contributed by atoms with van der Waals surface area (Å²) in [5.74, 6) is 1.65. The number of nitrogens with one attached hydrogen (secondary N) is 2. The van der Waals surface area contributed by atoms with E-state index in [1.54, 1.807) is 6.33 Å². The van der Waals surface area contributed by atoms with Gasteiger partial charge in [-0.1, -0.05) is 6.92 Å². The molecule has 2 N–H and O–H groups in total. The molecule has 1 aliphatic rings. The third-order valence-corrected chi connectivity index (χ3v) is 4.10. The molecule has 1 saturated heterocycles. The Kier molecular flexibility index (Phi) is 3.46. The van der Waals surface area contributed by atoms with Crippen LogP contribution in [0, 0.1) is 0 Å². The zero-order valence-electron chi connectivity index (χ0n) is 12.3. The fraction of sp³-hybridized carbons (Fsp3) is 0.643. The number of H-pyrrole nitrogens is 1. The van der Waals surface area contributed by atoms with Crippen LogP contribution < -0.4 is 10.2 Å². The molecule has 3 heterocycles. The Hall–Kier alpha value is -1.85. The minimum Gasteiger partial charge on any atom is -0.354 e. The molecule has 6 heteroatoms. The average Bonchev–Trinajstić information content (AvgIpc) is 3.04. The molecular formula is C14H22N6. The van der Waals surface area contributed by atoms with Gasteiger partial charge in [-0.05, 0) is 33.1 Å². The van der Waals surface area contributed by atoms with Gasteiger partial charge in [-0.25, -0.2) is 4.98 Å². The largest absolute Gasteiger partial charge is 0.354 e. The summed E-state index contributed by atoms with van der Waals surface area (Å²) in [7, 11) is 0. The standard InChI is InChI=1S/C14H22N6/c1-4-10-7-6-9(3)20(10)13-11-12(17-8-16-11)18-14(19-13)15-5-2/h8-10H,4-7H2,1-3H3,(H2,15,16,17,18,19). The summed E-state index contributed by atoms with van der Waals surface area (Å²) in [5.41, 5.74) is 1.68. The van der Waals surface area contributed by atoms with Gasteiger partial charge >= 0.3 is 0 Å². The zero-order valence-corrected chi connectivity index (χ0v) is 12.3. The van der Waals surface area contributed by atoms with Crippen LogP contribution >= 0.6 is 0 Å². The first-order valence-electron chi connectivity index (χ1n) is 7.47. The quantitative estimate of drug-likeness (QED) is 0.896. The molecule has 2 aromatic rings. The molecule has 0 spiro atoms. The van der Waals surface area contributed by atoms with E-state index in [2.05, 4.69) is 39.0 Å². The summed E-state index contributed by atoms with van der Waals surface area (Å²) >= 11 is 0. The van der Waals surface area contributed by atoms with Crippen molar-refractivity contribution in [2.45, 2.75) is 52.1 Å². The minimum absolute atomic E-state index is 0.510. The van der Waals surface area contributed by atoms with Crippen LogP contribution in [0.5, 0.6) is 0 Å². The number of nitrogens with zero attached hydrogens (tertiary/aromatic N) is 4. The summed E-state index contributed by atoms with van der Waals surface area (Å²) in [4.78, 5) is 19.1. The van der Waals surface area contributed by atoms with Crippen molar-refractivity contribution in [1.82, 2.24) is 19.9 Å². The van der Waals surface area contributed by atoms with E-state index in [9.17, 15) is 0 Å². The van der Waals surface area contributed by atoms with Crippen LogP contribution in [0.2, 0.25) is 0 Å². The Bertz CT molecular complexity index is 592. The molecule has 108 valence electrons. The lowest BCUT2D eigenvalue weighted by Crippen LogP contribution is -2.35. The van der Waals surface area contributed by atoms with E-state index in [0.717, 1.165) is 29.9 Å². The fourth-order valence-electron chi connectivity index (χ4n) is 3.10. The molecule has 2 unspecified atom stereocenters. The van der Waals surface area contributed by atoms with Gasteiger partial charge in [0.25, 0.3) is 0 Å². The highest BCUT2D eigenvalue weighted by Gasteiger charge is 2.32. The topological polar surface area (TPSA) is 69.7 Å². The first kappa shape index (κ1) is 13.1. The Balaban J connectivity index is 2.10. The second-order valence-corrected chi connectivity index (χ2v) is 5.40. The first-order valence-corrected chi connectivity index (χ1v) is 7.47. The molecule has 1 aliphatic heterocycles. The number of imidazole rings is 1. The van der Waals surface area contributed by atoms with Gasteiger partial charge in [-0.3, -0.25) is 0 Å². The zero-order chi connectivity index (χ0) is 14.1. The number of fused-ring (bicyclic) bond motifs is 1. The molecule has 0 bridgehead atoms. The van der Waals surface area contributed by atoms with E-state index >= 15 is 0 Å². The van der Waals surface area contributed by atoms with E-state index in [4.69, 9.17) is 4.98 Å². The fourth-order valence-corrected chi connectivity index (χ4v) is 3.10. The smallest absolute Gasteiger partial charge is 0.226 e. The van der Waals surface area contributed by atoms with Crippen molar-refractivity contribution < 1.29 is 0 Å². The summed E-state index contributed by atoms with van der Waals surface area (Å²) in [6.45, 7) is 7.37. The lowest BCUT2D eigenvalue weighted by Gasteiger charge is -2.29. The van der Waals surface area contributed by atoms with Gasteiger partial charge in [0.2, 0.25) is 5.95 Å². The lowest BCUT2D eigenvalue weighted by atomic mass is 10.1. The molecule has 0 aliphatic carbocycles. The third-order valence-electron chi connectivity index (χ3n) is 4.10. The first-order chi connectivity index (χ1) is 9.74. The van der Waals surface area contributed by atoms with Gasteiger partial charge < -0.3 is 15.2 Å². The van der Waals surface area contributed by atoms with Crippen LogP contribution in [0.15, 0.2) is 6.33 Å². The highest BCUT2D eigenvalue weighted by molar-refractivity contribution is 5.84. The van der Waals surface area contributed by atoms with Crippen molar-refractivity contribution in [3.8, 4) is 0 Å². The predicted molar refractivity (Wildman–Crippen MR) is 81.1 cm³/mol. The van der Waals surface area contributed by atoms with Crippen LogP contribution in [-0.4, -0.2) is 38.6 Å². The Morgan fingerprint density at radius 2 is 2.20 bits per heavy atom. The summed E-state index contributed by atoms with van der Waals surface area (Å²) in [5, 5.41) is 3.20. The maximum absolute atomic E-state index is 4.73. The number of hydrogen-bond donors (Lipinski definition) is 2. The average molecular weight is 274 g/mol. The molecule has 2 atom stereocenters. The molecule has 0 saturated carbocycles. The normalized spacial score (nSPS) is 22.6. The third kappa shape index (κ3) is 2.09. The van der Waals surface area contributed by atoms with Crippen molar-refractivity contribution >= 4 is 22.9 Å². The van der Waals surface area contributed by atoms with Crippen molar-refractivity contribution in [3.63, 3.8) is 0 Å². The second-order valence-electron chi connectivity index (χ2n) is 5.40. The molecule has 2 aromatic heterocycles. The highest BCUT2D eigenvalue weighted by atomic mass is 15.3. The summed E-state index contributed by atoms with van der Waals surface area (Å²) in [6, 6.07) is 1.07. The van der Waals surface area contributed by atoms with Crippen molar-refractivity contribution in [1.29, 1.82) is 0 Å². The molecule has 0 radical (unpaired) electrons. The Morgan fingerprint density at radius 3 is 2.95 bits per heavy atom. The van der Waals surface area contributed by atoms with Crippen molar-refractivity contribution in [2.75, 3.05) is 16.8 Å². The molecule has 3 rings (SSSR count). The van der Waals surface area contributed by atoms with Crippen molar-refractivity contribution in [3.05, 3.63) is 6.33 Å². The minimum atomic E-state index is 0.510. The molecule has 20 heavy (non-hydrogen) atoms. The SMILES string of the molecule is CCNc1nc(N2C(C)CCC2CC)c2[nH]cnc2n1. The number of aromatic amines is 1. The predicted octanol–water partition coefficient (Wildman–Crippen LogP) is 2.55. The summed E-state index contributed by atoms with van der Waals surface area (Å²) in [6.07, 6.45) is 5.28. The molecule has 1 fully saturated rings. The van der Waals surface area contributed by atoms with Gasteiger partial charge in [0, 0.05) is 18.6 Å². The number of anilines is 2. The van der Waals surface area contributed by atoms with E-state index in [-0.39, 0.29) is 0 Å². The van der Waals surface area contributed by atoms with Gasteiger partial charge in [0.15, 0.2) is 11.5 Å². The number of rotatable bonds is 4. The molecule has 6 nitrogen and oxygen atoms in total. The Morgan fingerprint density at radius 1 is 1.35 bits per heavy atom.